The Labute approximate surface area is 64.9 Å². The molecule has 54 valence electrons. The summed E-state index contributed by atoms with van der Waals surface area (Å²) in [7, 11) is 0. The summed E-state index contributed by atoms with van der Waals surface area (Å²) in [6, 6.07) is 0. The van der Waals surface area contributed by atoms with Crippen molar-refractivity contribution in [3.8, 4) is 0 Å². The maximum atomic E-state index is 5.70. The van der Waals surface area contributed by atoms with Gasteiger partial charge >= 0.3 is 0 Å². The molecule has 1 rings (SSSR count). The van der Waals surface area contributed by atoms with Crippen molar-refractivity contribution in [3.05, 3.63) is 0 Å². The fraction of sp³-hybridized carbons (Fsp3) is 1.00. The highest BCUT2D eigenvalue weighted by molar-refractivity contribution is 7.80. The standard InChI is InChI=1S/C4H10ClN3S/c1-2-6-3(5)8-4(9)7-2/h2-4,6-9H,1H3. The second-order valence-corrected chi connectivity index (χ2v) is 2.94. The molecule has 3 unspecified atom stereocenters. The van der Waals surface area contributed by atoms with Crippen molar-refractivity contribution in [3.63, 3.8) is 0 Å². The van der Waals surface area contributed by atoms with Gasteiger partial charge in [-0.25, -0.2) is 0 Å². The minimum atomic E-state index is -0.177. The topological polar surface area (TPSA) is 36.1 Å². The van der Waals surface area contributed by atoms with E-state index in [1.807, 2.05) is 6.92 Å². The molecule has 0 bridgehead atoms. The number of nitrogens with one attached hydrogen (secondary N) is 3. The average Bonchev–Trinajstić information content (AvgIpc) is 1.59. The zero-order chi connectivity index (χ0) is 6.85. The molecular formula is C4H10ClN3S. The van der Waals surface area contributed by atoms with Gasteiger partial charge in [0.15, 0.2) is 0 Å². The third-order valence-corrected chi connectivity index (χ3v) is 1.66. The molecule has 0 aromatic carbocycles. The normalized spacial score (nSPS) is 45.0. The molecule has 0 aliphatic carbocycles. The summed E-state index contributed by atoms with van der Waals surface area (Å²) in [5.41, 5.74) is -0.188. The molecule has 0 spiro atoms. The number of hydrogen-bond acceptors (Lipinski definition) is 4. The quantitative estimate of drug-likeness (QED) is 0.230. The van der Waals surface area contributed by atoms with Crippen LogP contribution in [-0.2, 0) is 0 Å². The van der Waals surface area contributed by atoms with E-state index in [1.54, 1.807) is 0 Å². The summed E-state index contributed by atoms with van der Waals surface area (Å²) in [5.74, 6) is 0. The minimum absolute atomic E-state index is 0.0104. The third-order valence-electron chi connectivity index (χ3n) is 1.11. The van der Waals surface area contributed by atoms with Crippen molar-refractivity contribution in [2.75, 3.05) is 0 Å². The van der Waals surface area contributed by atoms with E-state index in [1.165, 1.54) is 0 Å². The Morgan fingerprint density at radius 1 is 1.33 bits per heavy atom. The van der Waals surface area contributed by atoms with Crippen LogP contribution in [0.2, 0.25) is 0 Å². The lowest BCUT2D eigenvalue weighted by molar-refractivity contribution is 0.313. The van der Waals surface area contributed by atoms with Gasteiger partial charge in [-0.05, 0) is 6.92 Å². The van der Waals surface area contributed by atoms with Gasteiger partial charge < -0.3 is 0 Å². The molecule has 3 N–H and O–H groups in total. The van der Waals surface area contributed by atoms with E-state index in [2.05, 4.69) is 28.6 Å². The predicted molar refractivity (Wildman–Crippen MR) is 41.3 cm³/mol. The summed E-state index contributed by atoms with van der Waals surface area (Å²) in [6.07, 6.45) is 0.219. The lowest BCUT2D eigenvalue weighted by Crippen LogP contribution is -2.62. The molecule has 0 radical (unpaired) electrons. The van der Waals surface area contributed by atoms with Crippen LogP contribution in [0.3, 0.4) is 0 Å². The zero-order valence-corrected chi connectivity index (χ0v) is 6.71. The molecule has 1 aliphatic rings. The van der Waals surface area contributed by atoms with Crippen molar-refractivity contribution < 1.29 is 0 Å². The van der Waals surface area contributed by atoms with E-state index in [4.69, 9.17) is 11.6 Å². The third kappa shape index (κ3) is 2.31. The van der Waals surface area contributed by atoms with E-state index in [0.717, 1.165) is 0 Å². The van der Waals surface area contributed by atoms with E-state index in [-0.39, 0.29) is 17.3 Å². The molecule has 0 aromatic heterocycles. The van der Waals surface area contributed by atoms with Crippen LogP contribution in [0.5, 0.6) is 0 Å². The highest BCUT2D eigenvalue weighted by atomic mass is 35.5. The van der Waals surface area contributed by atoms with Crippen LogP contribution in [-0.4, -0.2) is 17.3 Å². The highest BCUT2D eigenvalue weighted by Crippen LogP contribution is 1.99. The molecule has 1 fully saturated rings. The molecule has 1 aliphatic heterocycles. The average molecular weight is 168 g/mol. The Morgan fingerprint density at radius 3 is 2.44 bits per heavy atom. The minimum Gasteiger partial charge on any atom is -0.278 e. The maximum absolute atomic E-state index is 5.70. The van der Waals surface area contributed by atoms with Crippen molar-refractivity contribution >= 4 is 24.2 Å². The second-order valence-electron chi connectivity index (χ2n) is 1.99. The van der Waals surface area contributed by atoms with Crippen molar-refractivity contribution in [2.24, 2.45) is 0 Å². The monoisotopic (exact) mass is 167 g/mol. The van der Waals surface area contributed by atoms with Gasteiger partial charge in [0.2, 0.25) is 0 Å². The molecule has 0 aromatic rings. The Bertz CT molecular complexity index is 76.8. The van der Waals surface area contributed by atoms with E-state index in [0.29, 0.717) is 0 Å². The fourth-order valence-corrected chi connectivity index (χ4v) is 1.51. The number of alkyl halides is 1. The smallest absolute Gasteiger partial charge is 0.138 e. The number of halogens is 1. The van der Waals surface area contributed by atoms with Gasteiger partial charge in [0.25, 0.3) is 0 Å². The van der Waals surface area contributed by atoms with Gasteiger partial charge in [0, 0.05) is 0 Å². The summed E-state index contributed by atoms with van der Waals surface area (Å²) >= 11 is 9.83. The lowest BCUT2D eigenvalue weighted by Gasteiger charge is -2.31. The van der Waals surface area contributed by atoms with Crippen LogP contribution in [0.1, 0.15) is 6.92 Å². The first-order valence-electron chi connectivity index (χ1n) is 2.79. The van der Waals surface area contributed by atoms with Crippen molar-refractivity contribution in [1.29, 1.82) is 0 Å². The second kappa shape index (κ2) is 3.07. The Balaban J connectivity index is 2.34. The maximum Gasteiger partial charge on any atom is 0.138 e. The molecule has 9 heavy (non-hydrogen) atoms. The Hall–Kier alpha value is 0.520. The summed E-state index contributed by atoms with van der Waals surface area (Å²) in [6.45, 7) is 1.99. The molecular weight excluding hydrogens is 158 g/mol. The van der Waals surface area contributed by atoms with E-state index in [9.17, 15) is 0 Å². The zero-order valence-electron chi connectivity index (χ0n) is 5.06. The number of hydrogen-bond donors (Lipinski definition) is 4. The highest BCUT2D eigenvalue weighted by Gasteiger charge is 2.18. The van der Waals surface area contributed by atoms with Crippen molar-refractivity contribution in [2.45, 2.75) is 24.2 Å². The molecule has 0 amide bonds. The molecule has 1 heterocycles. The SMILES string of the molecule is CC1NC(S)NC(Cl)N1. The van der Waals surface area contributed by atoms with Gasteiger partial charge in [-0.3, -0.25) is 16.0 Å². The predicted octanol–water partition coefficient (Wildman–Crippen LogP) is -0.149. The molecule has 1 saturated heterocycles. The molecule has 5 heteroatoms. The van der Waals surface area contributed by atoms with Crippen molar-refractivity contribution in [1.82, 2.24) is 16.0 Å². The summed E-state index contributed by atoms with van der Waals surface area (Å²) in [5, 5.41) is 8.99. The van der Waals surface area contributed by atoms with Gasteiger partial charge in [0.1, 0.15) is 11.1 Å². The van der Waals surface area contributed by atoms with Crippen LogP contribution in [0.4, 0.5) is 0 Å². The van der Waals surface area contributed by atoms with Gasteiger partial charge in [0.05, 0.1) is 6.17 Å². The van der Waals surface area contributed by atoms with Crippen LogP contribution >= 0.6 is 24.2 Å². The first-order chi connectivity index (χ1) is 4.18. The largest absolute Gasteiger partial charge is 0.278 e. The lowest BCUT2D eigenvalue weighted by atomic mass is 10.5. The Morgan fingerprint density at radius 2 is 2.00 bits per heavy atom. The Kier molecular flexibility index (Phi) is 2.60. The number of rotatable bonds is 0. The summed E-state index contributed by atoms with van der Waals surface area (Å²) < 4.78 is 0. The summed E-state index contributed by atoms with van der Waals surface area (Å²) in [4.78, 5) is 0. The van der Waals surface area contributed by atoms with Gasteiger partial charge in [-0.1, -0.05) is 11.6 Å². The van der Waals surface area contributed by atoms with Crippen LogP contribution in [0, 0.1) is 0 Å². The van der Waals surface area contributed by atoms with Gasteiger partial charge in [-0.15, -0.1) is 12.6 Å². The molecule has 3 nitrogen and oxygen atoms in total. The van der Waals surface area contributed by atoms with Gasteiger partial charge in [-0.2, -0.15) is 0 Å². The van der Waals surface area contributed by atoms with Crippen LogP contribution < -0.4 is 16.0 Å². The van der Waals surface area contributed by atoms with E-state index < -0.39 is 0 Å². The van der Waals surface area contributed by atoms with E-state index >= 15 is 0 Å². The fourth-order valence-electron chi connectivity index (χ4n) is 0.739. The molecule has 3 atom stereocenters. The first-order valence-corrected chi connectivity index (χ1v) is 3.74. The number of thiol groups is 1. The first kappa shape index (κ1) is 7.63. The van der Waals surface area contributed by atoms with Crippen LogP contribution in [0.25, 0.3) is 0 Å². The van der Waals surface area contributed by atoms with Crippen LogP contribution in [0.15, 0.2) is 0 Å². The molecule has 0 saturated carbocycles.